The Bertz CT molecular complexity index is 861. The SMILES string of the molecule is CCn1c(SCC(=O)NCCc2ccc(F)cc2)nc2ccccc21. The average molecular weight is 357 g/mol. The normalized spacial score (nSPS) is 11.0. The summed E-state index contributed by atoms with van der Waals surface area (Å²) in [6, 6.07) is 14.3. The van der Waals surface area contributed by atoms with E-state index in [2.05, 4.69) is 21.8 Å². The summed E-state index contributed by atoms with van der Waals surface area (Å²) in [6.45, 7) is 3.42. The number of benzene rings is 2. The highest BCUT2D eigenvalue weighted by atomic mass is 32.2. The second-order valence-electron chi connectivity index (χ2n) is 5.64. The van der Waals surface area contributed by atoms with Gasteiger partial charge in [0.25, 0.3) is 0 Å². The third kappa shape index (κ3) is 4.39. The number of thioether (sulfide) groups is 1. The minimum atomic E-state index is -0.247. The molecular weight excluding hydrogens is 337 g/mol. The van der Waals surface area contributed by atoms with E-state index in [4.69, 9.17) is 0 Å². The minimum absolute atomic E-state index is 0.0261. The highest BCUT2D eigenvalue weighted by Crippen LogP contribution is 2.23. The molecule has 0 unspecified atom stereocenters. The summed E-state index contributed by atoms with van der Waals surface area (Å²) in [5.74, 6) is 0.0528. The molecule has 1 aromatic heterocycles. The van der Waals surface area contributed by atoms with Gasteiger partial charge in [0.1, 0.15) is 5.82 Å². The quantitative estimate of drug-likeness (QED) is 0.657. The Morgan fingerprint density at radius 3 is 2.72 bits per heavy atom. The summed E-state index contributed by atoms with van der Waals surface area (Å²) in [5.41, 5.74) is 3.04. The molecule has 0 aliphatic carbocycles. The zero-order valence-corrected chi connectivity index (χ0v) is 14.9. The van der Waals surface area contributed by atoms with Crippen LogP contribution in [-0.2, 0) is 17.8 Å². The molecule has 0 radical (unpaired) electrons. The van der Waals surface area contributed by atoms with Gasteiger partial charge in [-0.3, -0.25) is 4.79 Å². The molecule has 25 heavy (non-hydrogen) atoms. The number of nitrogens with zero attached hydrogens (tertiary/aromatic N) is 2. The Kier molecular flexibility index (Phi) is 5.71. The monoisotopic (exact) mass is 357 g/mol. The molecule has 3 aromatic rings. The highest BCUT2D eigenvalue weighted by Gasteiger charge is 2.11. The fourth-order valence-electron chi connectivity index (χ4n) is 2.65. The van der Waals surface area contributed by atoms with Crippen LogP contribution in [0.5, 0.6) is 0 Å². The first-order chi connectivity index (χ1) is 12.2. The molecule has 0 saturated carbocycles. The topological polar surface area (TPSA) is 46.9 Å². The van der Waals surface area contributed by atoms with Crippen LogP contribution < -0.4 is 5.32 Å². The van der Waals surface area contributed by atoms with Gasteiger partial charge in [-0.2, -0.15) is 0 Å². The van der Waals surface area contributed by atoms with Gasteiger partial charge in [-0.15, -0.1) is 0 Å². The van der Waals surface area contributed by atoms with E-state index in [1.807, 2.05) is 24.3 Å². The lowest BCUT2D eigenvalue weighted by Gasteiger charge is -2.07. The van der Waals surface area contributed by atoms with Gasteiger partial charge < -0.3 is 9.88 Å². The van der Waals surface area contributed by atoms with Crippen LogP contribution >= 0.6 is 11.8 Å². The van der Waals surface area contributed by atoms with E-state index in [0.29, 0.717) is 18.7 Å². The van der Waals surface area contributed by atoms with Crippen molar-refractivity contribution in [1.82, 2.24) is 14.9 Å². The lowest BCUT2D eigenvalue weighted by atomic mass is 10.1. The summed E-state index contributed by atoms with van der Waals surface area (Å²) >= 11 is 1.44. The number of amides is 1. The van der Waals surface area contributed by atoms with Gasteiger partial charge in [0.05, 0.1) is 16.8 Å². The number of fused-ring (bicyclic) bond motifs is 1. The van der Waals surface area contributed by atoms with Gasteiger partial charge in [0.15, 0.2) is 5.16 Å². The van der Waals surface area contributed by atoms with E-state index in [1.54, 1.807) is 12.1 Å². The number of aromatic nitrogens is 2. The molecule has 6 heteroatoms. The van der Waals surface area contributed by atoms with Gasteiger partial charge in [-0.25, -0.2) is 9.37 Å². The molecule has 0 aliphatic heterocycles. The molecule has 0 bridgehead atoms. The van der Waals surface area contributed by atoms with E-state index in [0.717, 1.165) is 28.3 Å². The molecule has 0 saturated heterocycles. The van der Waals surface area contributed by atoms with E-state index in [1.165, 1.54) is 23.9 Å². The zero-order valence-electron chi connectivity index (χ0n) is 14.0. The first-order valence-electron chi connectivity index (χ1n) is 8.26. The van der Waals surface area contributed by atoms with Gasteiger partial charge in [-0.05, 0) is 43.2 Å². The highest BCUT2D eigenvalue weighted by molar-refractivity contribution is 7.99. The van der Waals surface area contributed by atoms with Gasteiger partial charge in [0, 0.05) is 13.1 Å². The van der Waals surface area contributed by atoms with Crippen molar-refractivity contribution < 1.29 is 9.18 Å². The fraction of sp³-hybridized carbons (Fsp3) is 0.263. The molecule has 3 rings (SSSR count). The van der Waals surface area contributed by atoms with Gasteiger partial charge in [0.2, 0.25) is 5.91 Å². The largest absolute Gasteiger partial charge is 0.355 e. The number of carbonyl (C=O) groups excluding carboxylic acids is 1. The molecule has 0 spiro atoms. The smallest absolute Gasteiger partial charge is 0.230 e. The Balaban J connectivity index is 1.51. The fourth-order valence-corrected chi connectivity index (χ4v) is 3.56. The predicted molar refractivity (Wildman–Crippen MR) is 99.2 cm³/mol. The van der Waals surface area contributed by atoms with Crippen molar-refractivity contribution in [3.8, 4) is 0 Å². The first kappa shape index (κ1) is 17.5. The van der Waals surface area contributed by atoms with E-state index in [-0.39, 0.29) is 11.7 Å². The summed E-state index contributed by atoms with van der Waals surface area (Å²) in [6.07, 6.45) is 0.685. The second kappa shape index (κ2) is 8.16. The minimum Gasteiger partial charge on any atom is -0.355 e. The van der Waals surface area contributed by atoms with Crippen LogP contribution in [-0.4, -0.2) is 27.8 Å². The van der Waals surface area contributed by atoms with E-state index in [9.17, 15) is 9.18 Å². The number of carbonyl (C=O) groups is 1. The maximum atomic E-state index is 12.9. The summed E-state index contributed by atoms with van der Waals surface area (Å²) in [4.78, 5) is 16.6. The standard InChI is InChI=1S/C19H20FN3OS/c1-2-23-17-6-4-3-5-16(17)22-19(23)25-13-18(24)21-12-11-14-7-9-15(20)10-8-14/h3-10H,2,11-13H2,1H3,(H,21,24). The van der Waals surface area contributed by atoms with Crippen molar-refractivity contribution in [3.63, 3.8) is 0 Å². The maximum absolute atomic E-state index is 12.9. The van der Waals surface area contributed by atoms with E-state index < -0.39 is 0 Å². The number of para-hydroxylation sites is 2. The van der Waals surface area contributed by atoms with Crippen molar-refractivity contribution in [2.75, 3.05) is 12.3 Å². The Labute approximate surface area is 150 Å². The second-order valence-corrected chi connectivity index (χ2v) is 6.58. The van der Waals surface area contributed by atoms with Crippen molar-refractivity contribution in [2.24, 2.45) is 0 Å². The predicted octanol–water partition coefficient (Wildman–Crippen LogP) is 3.65. The average Bonchev–Trinajstić information content (AvgIpc) is 2.99. The lowest BCUT2D eigenvalue weighted by molar-refractivity contribution is -0.118. The van der Waals surface area contributed by atoms with Crippen LogP contribution in [0.15, 0.2) is 53.7 Å². The number of rotatable bonds is 7. The summed E-state index contributed by atoms with van der Waals surface area (Å²) < 4.78 is 15.0. The number of aryl methyl sites for hydroxylation is 1. The van der Waals surface area contributed by atoms with Crippen LogP contribution in [0.4, 0.5) is 4.39 Å². The number of nitrogens with one attached hydrogen (secondary N) is 1. The van der Waals surface area contributed by atoms with Crippen molar-refractivity contribution in [1.29, 1.82) is 0 Å². The molecule has 1 heterocycles. The van der Waals surface area contributed by atoms with Crippen molar-refractivity contribution in [2.45, 2.75) is 25.0 Å². The van der Waals surface area contributed by atoms with Crippen LogP contribution in [0.1, 0.15) is 12.5 Å². The Hall–Kier alpha value is -2.34. The third-order valence-corrected chi connectivity index (χ3v) is 4.89. The molecule has 130 valence electrons. The van der Waals surface area contributed by atoms with Gasteiger partial charge >= 0.3 is 0 Å². The number of imidazole rings is 1. The molecule has 0 fully saturated rings. The number of hydrogen-bond acceptors (Lipinski definition) is 3. The van der Waals surface area contributed by atoms with Gasteiger partial charge in [-0.1, -0.05) is 36.0 Å². The molecule has 0 atom stereocenters. The van der Waals surface area contributed by atoms with Crippen molar-refractivity contribution in [3.05, 3.63) is 59.9 Å². The van der Waals surface area contributed by atoms with Crippen LogP contribution in [0.2, 0.25) is 0 Å². The molecular formula is C19H20FN3OS. The number of hydrogen-bond donors (Lipinski definition) is 1. The summed E-state index contributed by atoms with van der Waals surface area (Å²) in [7, 11) is 0. The van der Waals surface area contributed by atoms with Crippen LogP contribution in [0.25, 0.3) is 11.0 Å². The molecule has 4 nitrogen and oxygen atoms in total. The Morgan fingerprint density at radius 1 is 1.20 bits per heavy atom. The van der Waals surface area contributed by atoms with Crippen LogP contribution in [0.3, 0.4) is 0 Å². The first-order valence-corrected chi connectivity index (χ1v) is 9.25. The van der Waals surface area contributed by atoms with Crippen LogP contribution in [0, 0.1) is 5.82 Å². The molecule has 1 N–H and O–H groups in total. The molecule has 0 aliphatic rings. The van der Waals surface area contributed by atoms with Crippen molar-refractivity contribution >= 4 is 28.7 Å². The zero-order chi connectivity index (χ0) is 17.6. The summed E-state index contributed by atoms with van der Waals surface area (Å²) in [5, 5.41) is 3.76. The Morgan fingerprint density at radius 2 is 1.96 bits per heavy atom. The molecule has 2 aromatic carbocycles. The lowest BCUT2D eigenvalue weighted by Crippen LogP contribution is -2.27. The molecule has 1 amide bonds. The number of halogens is 1. The maximum Gasteiger partial charge on any atom is 0.230 e. The third-order valence-electron chi connectivity index (χ3n) is 3.92. The van der Waals surface area contributed by atoms with E-state index >= 15 is 0 Å².